The molecule has 6 heteroatoms. The summed E-state index contributed by atoms with van der Waals surface area (Å²) < 4.78 is 37.1. The van der Waals surface area contributed by atoms with Gasteiger partial charge in [0.05, 0.1) is 26.2 Å². The highest BCUT2D eigenvalue weighted by molar-refractivity contribution is 6.59. The maximum absolute atomic E-state index is 12.1. The normalized spacial score (nSPS) is 10.7. The van der Waals surface area contributed by atoms with Gasteiger partial charge < -0.3 is 9.19 Å². The van der Waals surface area contributed by atoms with Crippen LogP contribution in [0.4, 0.5) is 13.0 Å². The number of halogens is 4. The fraction of sp³-hybridized carbons (Fsp3) is 0.727. The third-order valence-corrected chi connectivity index (χ3v) is 5.07. The molecule has 0 bridgehead atoms. The largest absolute Gasteiger partial charge is 1.00 e. The van der Waals surface area contributed by atoms with Crippen molar-refractivity contribution in [1.29, 1.82) is 0 Å². The summed E-state index contributed by atoms with van der Waals surface area (Å²) in [6, 6.07) is 4.17. The Labute approximate surface area is 170 Å². The Balaban J connectivity index is 0. The molecule has 164 valence electrons. The van der Waals surface area contributed by atoms with E-state index in [1.165, 1.54) is 82.0 Å². The molecule has 0 N–H and O–H groups in total. The van der Waals surface area contributed by atoms with Crippen molar-refractivity contribution < 1.29 is 22.2 Å². The number of rotatable bonds is 13. The second-order valence-corrected chi connectivity index (χ2v) is 7.50. The number of hydrogen-bond acceptors (Lipinski definition) is 0. The van der Waals surface area contributed by atoms with Crippen LogP contribution in [0.2, 0.25) is 0 Å². The molecule has 1 aromatic carbocycles. The monoisotopic (exact) mass is 405 g/mol. The van der Waals surface area contributed by atoms with E-state index in [0.717, 1.165) is 24.3 Å². The molecule has 0 spiro atoms. The van der Waals surface area contributed by atoms with E-state index in [-0.39, 0.29) is 10.2 Å². The van der Waals surface area contributed by atoms with Crippen molar-refractivity contribution >= 4 is 12.7 Å². The smallest absolute Gasteiger partial charge is 0.571 e. The lowest BCUT2D eigenvalue weighted by atomic mass is 9.86. The summed E-state index contributed by atoms with van der Waals surface area (Å²) in [6.07, 6.45) is 11.1. The molecule has 0 aliphatic carbocycles. The lowest BCUT2D eigenvalue weighted by Crippen LogP contribution is -3.00. The van der Waals surface area contributed by atoms with Crippen molar-refractivity contribution in [3.05, 3.63) is 30.1 Å². The van der Waals surface area contributed by atoms with E-state index >= 15 is 0 Å². The van der Waals surface area contributed by atoms with E-state index in [1.807, 2.05) is 0 Å². The zero-order valence-electron chi connectivity index (χ0n) is 18.3. The molecule has 0 fully saturated rings. The van der Waals surface area contributed by atoms with Crippen LogP contribution >= 0.6 is 0 Å². The van der Waals surface area contributed by atoms with Crippen LogP contribution < -0.4 is 10.2 Å². The quantitative estimate of drug-likeness (QED) is 0.268. The molecule has 0 unspecified atom stereocenters. The standard InChI is InChI=1S/C16H36N.C6H4BF3.FH/c1-5-9-13-17(14-10-6-2,15-11-7-3)16-12-8-4;8-6-3-1-5(2-4-6)7(9)10;/h5-16H2,1-4H3;1-4H;1H/q+1;;/p-1. The van der Waals surface area contributed by atoms with Gasteiger partial charge in [0.25, 0.3) is 0 Å². The minimum atomic E-state index is -2.51. The summed E-state index contributed by atoms with van der Waals surface area (Å²) in [7, 11) is -2.51. The maximum Gasteiger partial charge on any atom is 0.571 e. The molecule has 0 heterocycles. The number of benzene rings is 1. The molecule has 1 aromatic rings. The van der Waals surface area contributed by atoms with E-state index in [1.54, 1.807) is 0 Å². The van der Waals surface area contributed by atoms with Gasteiger partial charge in [0.2, 0.25) is 0 Å². The molecular formula is C22H40BF4N. The third-order valence-electron chi connectivity index (χ3n) is 5.07. The van der Waals surface area contributed by atoms with Crippen molar-refractivity contribution in [1.82, 2.24) is 0 Å². The molecule has 0 aliphatic heterocycles. The highest BCUT2D eigenvalue weighted by Gasteiger charge is 2.24. The minimum Gasteiger partial charge on any atom is -1.00 e. The van der Waals surface area contributed by atoms with Gasteiger partial charge in [-0.05, 0) is 43.3 Å². The van der Waals surface area contributed by atoms with Crippen molar-refractivity contribution in [2.24, 2.45) is 0 Å². The van der Waals surface area contributed by atoms with Crippen LogP contribution in [0.1, 0.15) is 79.1 Å². The van der Waals surface area contributed by atoms with Gasteiger partial charge in [-0.15, -0.1) is 0 Å². The van der Waals surface area contributed by atoms with Crippen LogP contribution in [0, 0.1) is 5.82 Å². The minimum absolute atomic E-state index is 0. The van der Waals surface area contributed by atoms with Crippen LogP contribution in [-0.4, -0.2) is 37.9 Å². The Morgan fingerprint density at radius 1 is 0.679 bits per heavy atom. The first kappa shape index (κ1) is 29.2. The van der Waals surface area contributed by atoms with Crippen molar-refractivity contribution in [3.8, 4) is 0 Å². The SMILES string of the molecule is CCCC[N+](CCCC)(CCCC)CCCC.FB(F)c1ccc(F)cc1.[F-]. The van der Waals surface area contributed by atoms with Gasteiger partial charge in [-0.25, -0.2) is 4.39 Å². The first-order chi connectivity index (χ1) is 12.9. The Hall–Kier alpha value is -1.04. The van der Waals surface area contributed by atoms with Gasteiger partial charge >= 0.3 is 7.27 Å². The fourth-order valence-electron chi connectivity index (χ4n) is 3.25. The Morgan fingerprint density at radius 3 is 1.25 bits per heavy atom. The predicted molar refractivity (Wildman–Crippen MR) is 113 cm³/mol. The highest BCUT2D eigenvalue weighted by atomic mass is 19.2. The molecule has 0 aromatic heterocycles. The molecule has 1 rings (SSSR count). The second kappa shape index (κ2) is 18.0. The molecule has 0 radical (unpaired) electrons. The molecule has 0 atom stereocenters. The number of quaternary nitrogens is 1. The van der Waals surface area contributed by atoms with Crippen LogP contribution in [0.15, 0.2) is 24.3 Å². The van der Waals surface area contributed by atoms with E-state index in [4.69, 9.17) is 0 Å². The third kappa shape index (κ3) is 13.2. The fourth-order valence-corrected chi connectivity index (χ4v) is 3.25. The van der Waals surface area contributed by atoms with E-state index in [0.29, 0.717) is 0 Å². The van der Waals surface area contributed by atoms with Gasteiger partial charge in [0.15, 0.2) is 0 Å². The first-order valence-electron chi connectivity index (χ1n) is 10.8. The average Bonchev–Trinajstić information content (AvgIpc) is 2.68. The molecule has 0 saturated heterocycles. The first-order valence-corrected chi connectivity index (χ1v) is 10.8. The summed E-state index contributed by atoms with van der Waals surface area (Å²) in [5.41, 5.74) is -0.151. The van der Waals surface area contributed by atoms with Crippen LogP contribution in [0.3, 0.4) is 0 Å². The van der Waals surface area contributed by atoms with Gasteiger partial charge in [-0.3, -0.25) is 8.63 Å². The van der Waals surface area contributed by atoms with Crippen molar-refractivity contribution in [2.75, 3.05) is 26.2 Å². The zero-order chi connectivity index (χ0) is 20.5. The van der Waals surface area contributed by atoms with Gasteiger partial charge in [-0.2, -0.15) is 0 Å². The van der Waals surface area contributed by atoms with Gasteiger partial charge in [0, 0.05) is 0 Å². The summed E-state index contributed by atoms with van der Waals surface area (Å²) in [5, 5.41) is 0. The second-order valence-electron chi connectivity index (χ2n) is 7.50. The van der Waals surface area contributed by atoms with E-state index in [2.05, 4.69) is 27.7 Å². The summed E-state index contributed by atoms with van der Waals surface area (Å²) >= 11 is 0. The Morgan fingerprint density at radius 2 is 1.00 bits per heavy atom. The number of unbranched alkanes of at least 4 members (excludes halogenated alkanes) is 4. The van der Waals surface area contributed by atoms with Gasteiger partial charge in [0.1, 0.15) is 5.82 Å². The summed E-state index contributed by atoms with van der Waals surface area (Å²) in [6.45, 7) is 15.0. The Kier molecular flexibility index (Phi) is 18.8. The molecule has 28 heavy (non-hydrogen) atoms. The van der Waals surface area contributed by atoms with Gasteiger partial charge in [-0.1, -0.05) is 65.5 Å². The zero-order valence-corrected chi connectivity index (χ0v) is 18.3. The summed E-state index contributed by atoms with van der Waals surface area (Å²) in [4.78, 5) is 0. The maximum atomic E-state index is 12.1. The molecule has 1 nitrogen and oxygen atoms in total. The molecule has 0 aliphatic rings. The average molecular weight is 405 g/mol. The predicted octanol–water partition coefficient (Wildman–Crippen LogP) is 3.47. The van der Waals surface area contributed by atoms with Crippen molar-refractivity contribution in [3.63, 3.8) is 0 Å². The van der Waals surface area contributed by atoms with Crippen LogP contribution in [0.25, 0.3) is 0 Å². The van der Waals surface area contributed by atoms with E-state index in [9.17, 15) is 13.0 Å². The Bertz CT molecular complexity index is 417. The van der Waals surface area contributed by atoms with Crippen molar-refractivity contribution in [2.45, 2.75) is 79.1 Å². The molecule has 0 amide bonds. The van der Waals surface area contributed by atoms with Crippen LogP contribution in [0.5, 0.6) is 0 Å². The topological polar surface area (TPSA) is 0 Å². The number of nitrogens with zero attached hydrogens (tertiary/aromatic N) is 1. The van der Waals surface area contributed by atoms with E-state index < -0.39 is 13.1 Å². The molecular weight excluding hydrogens is 365 g/mol. The number of hydrogen-bond donors (Lipinski definition) is 0. The summed E-state index contributed by atoms with van der Waals surface area (Å²) in [5.74, 6) is -0.496. The lowest BCUT2D eigenvalue weighted by molar-refractivity contribution is -0.929. The molecule has 0 saturated carbocycles. The highest BCUT2D eigenvalue weighted by Crippen LogP contribution is 2.16. The van der Waals surface area contributed by atoms with Crippen LogP contribution in [-0.2, 0) is 0 Å². The lowest BCUT2D eigenvalue weighted by Gasteiger charge is -2.39.